The van der Waals surface area contributed by atoms with Crippen LogP contribution >= 0.6 is 0 Å². The normalized spacial score (nSPS) is 35.8. The van der Waals surface area contributed by atoms with E-state index in [1.54, 1.807) is 0 Å². The van der Waals surface area contributed by atoms with Crippen molar-refractivity contribution in [3.8, 4) is 0 Å². The van der Waals surface area contributed by atoms with E-state index in [2.05, 4.69) is 0 Å². The Morgan fingerprint density at radius 2 is 1.71 bits per heavy atom. The molecule has 2 aliphatic rings. The molecule has 0 radical (unpaired) electrons. The third-order valence-corrected chi connectivity index (χ3v) is 3.85. The van der Waals surface area contributed by atoms with Gasteiger partial charge in [-0.15, -0.1) is 0 Å². The van der Waals surface area contributed by atoms with E-state index < -0.39 is 0 Å². The molecule has 1 saturated heterocycles. The van der Waals surface area contributed by atoms with Gasteiger partial charge in [-0.1, -0.05) is 12.8 Å². The second-order valence-corrected chi connectivity index (χ2v) is 4.90. The van der Waals surface area contributed by atoms with Gasteiger partial charge < -0.3 is 9.84 Å². The second kappa shape index (κ2) is 5.13. The molecule has 0 amide bonds. The van der Waals surface area contributed by atoms with Crippen molar-refractivity contribution in [3.05, 3.63) is 0 Å². The summed E-state index contributed by atoms with van der Waals surface area (Å²) in [5.41, 5.74) is 0. The molecule has 1 saturated carbocycles. The molecule has 2 nitrogen and oxygen atoms in total. The van der Waals surface area contributed by atoms with Gasteiger partial charge in [0.05, 0.1) is 6.10 Å². The summed E-state index contributed by atoms with van der Waals surface area (Å²) in [6, 6.07) is 0. The molecule has 2 atom stereocenters. The van der Waals surface area contributed by atoms with Crippen molar-refractivity contribution in [2.75, 3.05) is 13.2 Å². The van der Waals surface area contributed by atoms with Crippen LogP contribution in [0.3, 0.4) is 0 Å². The van der Waals surface area contributed by atoms with Crippen molar-refractivity contribution in [1.29, 1.82) is 0 Å². The van der Waals surface area contributed by atoms with Crippen LogP contribution in [0.5, 0.6) is 0 Å². The van der Waals surface area contributed by atoms with Crippen molar-refractivity contribution in [3.63, 3.8) is 0 Å². The van der Waals surface area contributed by atoms with Gasteiger partial charge in [0.2, 0.25) is 0 Å². The Kier molecular flexibility index (Phi) is 3.82. The zero-order valence-electron chi connectivity index (χ0n) is 8.95. The van der Waals surface area contributed by atoms with E-state index in [0.29, 0.717) is 5.92 Å². The van der Waals surface area contributed by atoms with Crippen LogP contribution in [0.4, 0.5) is 0 Å². The monoisotopic (exact) mass is 198 g/mol. The average molecular weight is 198 g/mol. The highest BCUT2D eigenvalue weighted by atomic mass is 16.5. The number of hydrogen-bond acceptors (Lipinski definition) is 2. The number of aliphatic hydroxyl groups excluding tert-OH is 1. The van der Waals surface area contributed by atoms with Crippen LogP contribution in [0, 0.1) is 11.8 Å². The zero-order valence-corrected chi connectivity index (χ0v) is 8.95. The summed E-state index contributed by atoms with van der Waals surface area (Å²) in [5, 5.41) is 9.87. The highest BCUT2D eigenvalue weighted by Crippen LogP contribution is 2.32. The van der Waals surface area contributed by atoms with Gasteiger partial charge in [-0.25, -0.2) is 0 Å². The lowest BCUT2D eigenvalue weighted by Crippen LogP contribution is -2.28. The van der Waals surface area contributed by atoms with Crippen LogP contribution in [0.25, 0.3) is 0 Å². The van der Waals surface area contributed by atoms with Gasteiger partial charge in [0, 0.05) is 13.2 Å². The minimum absolute atomic E-state index is 0.00778. The van der Waals surface area contributed by atoms with Crippen LogP contribution in [-0.4, -0.2) is 24.4 Å². The van der Waals surface area contributed by atoms with Crippen LogP contribution in [-0.2, 0) is 4.74 Å². The van der Waals surface area contributed by atoms with E-state index >= 15 is 0 Å². The SMILES string of the molecule is OC1CCCCC1CC1CCOCC1. The molecule has 82 valence electrons. The highest BCUT2D eigenvalue weighted by molar-refractivity contribution is 4.78. The standard InChI is InChI=1S/C12H22O2/c13-12-4-2-1-3-11(12)9-10-5-7-14-8-6-10/h10-13H,1-9H2. The third kappa shape index (κ3) is 2.71. The molecule has 0 aromatic heterocycles. The van der Waals surface area contributed by atoms with Crippen LogP contribution in [0.15, 0.2) is 0 Å². The Bertz CT molecular complexity index is 164. The minimum atomic E-state index is -0.00778. The van der Waals surface area contributed by atoms with Crippen LogP contribution < -0.4 is 0 Å². The van der Waals surface area contributed by atoms with Gasteiger partial charge >= 0.3 is 0 Å². The van der Waals surface area contributed by atoms with E-state index in [-0.39, 0.29) is 6.10 Å². The smallest absolute Gasteiger partial charge is 0.0568 e. The molecule has 0 bridgehead atoms. The number of aliphatic hydroxyl groups is 1. The summed E-state index contributed by atoms with van der Waals surface area (Å²) >= 11 is 0. The highest BCUT2D eigenvalue weighted by Gasteiger charge is 2.26. The quantitative estimate of drug-likeness (QED) is 0.738. The summed E-state index contributed by atoms with van der Waals surface area (Å²) < 4.78 is 5.35. The minimum Gasteiger partial charge on any atom is -0.393 e. The summed E-state index contributed by atoms with van der Waals surface area (Å²) in [5.74, 6) is 1.41. The first kappa shape index (κ1) is 10.4. The number of ether oxygens (including phenoxy) is 1. The first-order valence-corrected chi connectivity index (χ1v) is 6.12. The summed E-state index contributed by atoms with van der Waals surface area (Å²) in [4.78, 5) is 0. The molecule has 2 heteroatoms. The topological polar surface area (TPSA) is 29.5 Å². The molecular formula is C12H22O2. The van der Waals surface area contributed by atoms with Gasteiger partial charge in [0.1, 0.15) is 0 Å². The molecule has 0 aromatic rings. The lowest BCUT2D eigenvalue weighted by molar-refractivity contribution is 0.0239. The summed E-state index contributed by atoms with van der Waals surface area (Å²) in [7, 11) is 0. The molecule has 2 unspecified atom stereocenters. The van der Waals surface area contributed by atoms with E-state index in [9.17, 15) is 5.11 Å². The maximum absolute atomic E-state index is 9.87. The fourth-order valence-corrected chi connectivity index (χ4v) is 2.87. The first-order chi connectivity index (χ1) is 6.86. The Labute approximate surface area is 86.6 Å². The van der Waals surface area contributed by atoms with Crippen molar-refractivity contribution in [2.24, 2.45) is 11.8 Å². The molecule has 2 fully saturated rings. The summed E-state index contributed by atoms with van der Waals surface area (Å²) in [6.45, 7) is 1.88. The second-order valence-electron chi connectivity index (χ2n) is 4.90. The first-order valence-electron chi connectivity index (χ1n) is 6.12. The van der Waals surface area contributed by atoms with Gasteiger partial charge in [-0.3, -0.25) is 0 Å². The van der Waals surface area contributed by atoms with Crippen molar-refractivity contribution in [1.82, 2.24) is 0 Å². The van der Waals surface area contributed by atoms with Gasteiger partial charge in [-0.2, -0.15) is 0 Å². The average Bonchev–Trinajstić information content (AvgIpc) is 2.23. The fourth-order valence-electron chi connectivity index (χ4n) is 2.87. The van der Waals surface area contributed by atoms with E-state index in [1.165, 1.54) is 38.5 Å². The van der Waals surface area contributed by atoms with Gasteiger partial charge in [0.15, 0.2) is 0 Å². The molecular weight excluding hydrogens is 176 g/mol. The molecule has 0 aromatic carbocycles. The Morgan fingerprint density at radius 1 is 1.00 bits per heavy atom. The Morgan fingerprint density at radius 3 is 2.43 bits per heavy atom. The maximum atomic E-state index is 9.87. The largest absolute Gasteiger partial charge is 0.393 e. The van der Waals surface area contributed by atoms with Crippen molar-refractivity contribution < 1.29 is 9.84 Å². The number of rotatable bonds is 2. The van der Waals surface area contributed by atoms with Gasteiger partial charge in [-0.05, 0) is 43.9 Å². The van der Waals surface area contributed by atoms with Crippen LogP contribution in [0.1, 0.15) is 44.9 Å². The lowest BCUT2D eigenvalue weighted by atomic mass is 9.79. The van der Waals surface area contributed by atoms with Gasteiger partial charge in [0.25, 0.3) is 0 Å². The molecule has 1 aliphatic carbocycles. The predicted octanol–water partition coefficient (Wildman–Crippen LogP) is 2.35. The summed E-state index contributed by atoms with van der Waals surface area (Å²) in [6.07, 6.45) is 8.49. The van der Waals surface area contributed by atoms with E-state index in [4.69, 9.17) is 4.74 Å². The van der Waals surface area contributed by atoms with Crippen molar-refractivity contribution in [2.45, 2.75) is 51.0 Å². The molecule has 0 spiro atoms. The lowest BCUT2D eigenvalue weighted by Gasteiger charge is -2.32. The molecule has 1 heterocycles. The van der Waals surface area contributed by atoms with Crippen LogP contribution in [0.2, 0.25) is 0 Å². The Balaban J connectivity index is 1.76. The van der Waals surface area contributed by atoms with Crippen molar-refractivity contribution >= 4 is 0 Å². The molecule has 2 rings (SSSR count). The third-order valence-electron chi connectivity index (χ3n) is 3.85. The van der Waals surface area contributed by atoms with E-state index in [0.717, 1.165) is 25.6 Å². The molecule has 14 heavy (non-hydrogen) atoms. The fraction of sp³-hybridized carbons (Fsp3) is 1.00. The maximum Gasteiger partial charge on any atom is 0.0568 e. The van der Waals surface area contributed by atoms with E-state index in [1.807, 2.05) is 0 Å². The predicted molar refractivity (Wildman–Crippen MR) is 56.1 cm³/mol. The zero-order chi connectivity index (χ0) is 9.80. The number of hydrogen-bond donors (Lipinski definition) is 1. The molecule has 1 N–H and O–H groups in total. The molecule has 1 aliphatic heterocycles. The Hall–Kier alpha value is -0.0800.